The second kappa shape index (κ2) is 7.80. The normalized spacial score (nSPS) is 17.1. The lowest BCUT2D eigenvalue weighted by molar-refractivity contribution is -0.121. The minimum atomic E-state index is 0. The van der Waals surface area contributed by atoms with E-state index >= 15 is 0 Å². The van der Waals surface area contributed by atoms with Gasteiger partial charge in [-0.05, 0) is 51.6 Å². The highest BCUT2D eigenvalue weighted by atomic mass is 35.5. The van der Waals surface area contributed by atoms with Crippen molar-refractivity contribution >= 4 is 18.3 Å². The number of rotatable bonds is 5. The Hall–Kier alpha value is -1.07. The summed E-state index contributed by atoms with van der Waals surface area (Å²) in [7, 11) is 0. The van der Waals surface area contributed by atoms with Crippen LogP contribution in [0.25, 0.3) is 0 Å². The Kier molecular flexibility index (Phi) is 6.68. The smallest absolute Gasteiger partial charge is 0.220 e. The number of nitrogens with one attached hydrogen (secondary N) is 2. The topological polar surface area (TPSA) is 67.2 Å². The van der Waals surface area contributed by atoms with Crippen molar-refractivity contribution in [2.75, 3.05) is 19.6 Å². The molecule has 0 bridgehead atoms. The number of halogens is 1. The summed E-state index contributed by atoms with van der Waals surface area (Å²) in [5.74, 6) is 0.936. The van der Waals surface area contributed by atoms with E-state index < -0.39 is 0 Å². The van der Waals surface area contributed by atoms with Gasteiger partial charge in [0.1, 0.15) is 5.76 Å². The molecule has 1 fully saturated rings. The first-order valence-corrected chi connectivity index (χ1v) is 7.39. The first-order valence-electron chi connectivity index (χ1n) is 7.39. The van der Waals surface area contributed by atoms with Gasteiger partial charge in [-0.1, -0.05) is 12.1 Å². The lowest BCUT2D eigenvalue weighted by Crippen LogP contribution is -2.42. The number of amides is 1. The van der Waals surface area contributed by atoms with E-state index in [1.165, 1.54) is 0 Å². The number of carbonyl (C=O) groups excluding carboxylic acids is 1. The molecule has 0 aliphatic carbocycles. The fourth-order valence-electron chi connectivity index (χ4n) is 2.70. The zero-order chi connectivity index (χ0) is 14.6. The first kappa shape index (κ1) is 18.0. The molecule has 1 aromatic heterocycles. The van der Waals surface area contributed by atoms with Crippen LogP contribution in [0.3, 0.4) is 0 Å². The monoisotopic (exact) mass is 315 g/mol. The molecule has 0 atom stereocenters. The van der Waals surface area contributed by atoms with Crippen LogP contribution in [0.15, 0.2) is 4.52 Å². The molecule has 2 N–H and O–H groups in total. The standard InChI is InChI=1S/C15H25N3O2.ClH/c1-11-13(12(2)20-18-11)4-5-14(19)17-10-15(3)6-8-16-9-7-15;/h16H,4-10H2,1-3H3,(H,17,19);1H. The summed E-state index contributed by atoms with van der Waals surface area (Å²) in [5, 5.41) is 10.3. The van der Waals surface area contributed by atoms with Gasteiger partial charge in [-0.15, -0.1) is 12.4 Å². The van der Waals surface area contributed by atoms with Crippen LogP contribution in [0.1, 0.15) is 43.2 Å². The largest absolute Gasteiger partial charge is 0.361 e. The second-order valence-corrected chi connectivity index (χ2v) is 6.14. The highest BCUT2D eigenvalue weighted by Crippen LogP contribution is 2.26. The minimum absolute atomic E-state index is 0. The molecule has 2 heterocycles. The Morgan fingerprint density at radius 2 is 2.05 bits per heavy atom. The lowest BCUT2D eigenvalue weighted by Gasteiger charge is -2.34. The van der Waals surface area contributed by atoms with Gasteiger partial charge in [0, 0.05) is 18.5 Å². The highest BCUT2D eigenvalue weighted by Gasteiger charge is 2.26. The van der Waals surface area contributed by atoms with E-state index in [9.17, 15) is 4.79 Å². The van der Waals surface area contributed by atoms with Crippen molar-refractivity contribution in [2.24, 2.45) is 5.41 Å². The van der Waals surface area contributed by atoms with Gasteiger partial charge in [-0.2, -0.15) is 0 Å². The van der Waals surface area contributed by atoms with Crippen molar-refractivity contribution < 1.29 is 9.32 Å². The highest BCUT2D eigenvalue weighted by molar-refractivity contribution is 5.85. The van der Waals surface area contributed by atoms with E-state index in [1.54, 1.807) is 0 Å². The summed E-state index contributed by atoms with van der Waals surface area (Å²) in [6.45, 7) is 8.93. The number of hydrogen-bond acceptors (Lipinski definition) is 4. The van der Waals surface area contributed by atoms with Crippen molar-refractivity contribution in [1.29, 1.82) is 0 Å². The van der Waals surface area contributed by atoms with E-state index in [1.807, 2.05) is 13.8 Å². The zero-order valence-electron chi connectivity index (χ0n) is 13.1. The molecule has 0 unspecified atom stereocenters. The molecule has 21 heavy (non-hydrogen) atoms. The van der Waals surface area contributed by atoms with Gasteiger partial charge in [0.15, 0.2) is 0 Å². The average Bonchev–Trinajstić information content (AvgIpc) is 2.74. The first-order chi connectivity index (χ1) is 9.50. The van der Waals surface area contributed by atoms with Crippen LogP contribution in [0.2, 0.25) is 0 Å². The number of nitrogens with zero attached hydrogens (tertiary/aromatic N) is 1. The molecule has 120 valence electrons. The summed E-state index contributed by atoms with van der Waals surface area (Å²) in [4.78, 5) is 12.0. The molecular formula is C15H26ClN3O2. The Morgan fingerprint density at radius 1 is 1.38 bits per heavy atom. The van der Waals surface area contributed by atoms with Gasteiger partial charge >= 0.3 is 0 Å². The number of piperidine rings is 1. The Labute approximate surface area is 132 Å². The molecule has 1 aromatic rings. The Bertz CT molecular complexity index is 448. The summed E-state index contributed by atoms with van der Waals surface area (Å²) < 4.78 is 5.11. The fraction of sp³-hybridized carbons (Fsp3) is 0.733. The third-order valence-electron chi connectivity index (χ3n) is 4.31. The number of carbonyl (C=O) groups is 1. The molecule has 1 amide bonds. The summed E-state index contributed by atoms with van der Waals surface area (Å²) in [5.41, 5.74) is 2.19. The quantitative estimate of drug-likeness (QED) is 0.873. The van der Waals surface area contributed by atoms with Gasteiger partial charge in [0.25, 0.3) is 0 Å². The van der Waals surface area contributed by atoms with Gasteiger partial charge in [-0.3, -0.25) is 4.79 Å². The maximum absolute atomic E-state index is 12.0. The molecule has 0 radical (unpaired) electrons. The van der Waals surface area contributed by atoms with E-state index in [0.29, 0.717) is 12.8 Å². The molecule has 6 heteroatoms. The van der Waals surface area contributed by atoms with Crippen molar-refractivity contribution in [3.05, 3.63) is 17.0 Å². The fourth-order valence-corrected chi connectivity index (χ4v) is 2.70. The molecule has 5 nitrogen and oxygen atoms in total. The third kappa shape index (κ3) is 5.00. The van der Waals surface area contributed by atoms with Crippen LogP contribution in [-0.2, 0) is 11.2 Å². The molecule has 0 saturated carbocycles. The third-order valence-corrected chi connectivity index (χ3v) is 4.31. The van der Waals surface area contributed by atoms with Crippen molar-refractivity contribution in [1.82, 2.24) is 15.8 Å². The van der Waals surface area contributed by atoms with E-state index in [-0.39, 0.29) is 23.7 Å². The van der Waals surface area contributed by atoms with Gasteiger partial charge in [-0.25, -0.2) is 0 Å². The van der Waals surface area contributed by atoms with Crippen LogP contribution < -0.4 is 10.6 Å². The predicted octanol–water partition coefficient (Wildman–Crippen LogP) is 2.15. The average molecular weight is 316 g/mol. The second-order valence-electron chi connectivity index (χ2n) is 6.14. The number of aryl methyl sites for hydroxylation is 2. The summed E-state index contributed by atoms with van der Waals surface area (Å²) >= 11 is 0. The zero-order valence-corrected chi connectivity index (χ0v) is 13.9. The Balaban J connectivity index is 0.00000220. The summed E-state index contributed by atoms with van der Waals surface area (Å²) in [6.07, 6.45) is 3.44. The van der Waals surface area contributed by atoms with Gasteiger partial charge < -0.3 is 15.2 Å². The lowest BCUT2D eigenvalue weighted by atomic mass is 9.81. The van der Waals surface area contributed by atoms with Crippen LogP contribution in [0.5, 0.6) is 0 Å². The molecule has 0 aromatic carbocycles. The summed E-state index contributed by atoms with van der Waals surface area (Å²) in [6, 6.07) is 0. The molecule has 1 aliphatic rings. The predicted molar refractivity (Wildman–Crippen MR) is 84.8 cm³/mol. The molecular weight excluding hydrogens is 290 g/mol. The maximum atomic E-state index is 12.0. The molecule has 1 saturated heterocycles. The molecule has 1 aliphatic heterocycles. The molecule has 0 spiro atoms. The Morgan fingerprint density at radius 3 is 2.62 bits per heavy atom. The SMILES string of the molecule is Cc1noc(C)c1CCC(=O)NCC1(C)CCNCC1.Cl. The number of aromatic nitrogens is 1. The number of hydrogen-bond donors (Lipinski definition) is 2. The van der Waals surface area contributed by atoms with Gasteiger partial charge in [0.05, 0.1) is 5.69 Å². The van der Waals surface area contributed by atoms with E-state index in [4.69, 9.17) is 4.52 Å². The van der Waals surface area contributed by atoms with Crippen molar-refractivity contribution in [3.63, 3.8) is 0 Å². The molecule has 2 rings (SSSR count). The van der Waals surface area contributed by atoms with Crippen LogP contribution in [0, 0.1) is 19.3 Å². The van der Waals surface area contributed by atoms with Crippen molar-refractivity contribution in [2.45, 2.75) is 46.5 Å². The van der Waals surface area contributed by atoms with E-state index in [0.717, 1.165) is 49.5 Å². The minimum Gasteiger partial charge on any atom is -0.361 e. The van der Waals surface area contributed by atoms with Crippen LogP contribution in [-0.4, -0.2) is 30.7 Å². The maximum Gasteiger partial charge on any atom is 0.220 e. The van der Waals surface area contributed by atoms with Crippen molar-refractivity contribution in [3.8, 4) is 0 Å². The van der Waals surface area contributed by atoms with Gasteiger partial charge in [0.2, 0.25) is 5.91 Å². The van der Waals surface area contributed by atoms with Crippen LogP contribution >= 0.6 is 12.4 Å². The van der Waals surface area contributed by atoms with E-state index in [2.05, 4.69) is 22.7 Å². The van der Waals surface area contributed by atoms with Crippen LogP contribution in [0.4, 0.5) is 0 Å².